The summed E-state index contributed by atoms with van der Waals surface area (Å²) in [5.74, 6) is 0.707. The highest BCUT2D eigenvalue weighted by atomic mass is 15.0. The smallest absolute Gasteiger partial charge is 0.192 e. The molecule has 0 saturated heterocycles. The molecule has 1 saturated carbocycles. The molecule has 4 rings (SSSR count). The van der Waals surface area contributed by atoms with Crippen LogP contribution in [0, 0.1) is 0 Å². The van der Waals surface area contributed by atoms with Crippen molar-refractivity contribution in [1.82, 2.24) is 0 Å². The lowest BCUT2D eigenvalue weighted by atomic mass is 9.84. The fraction of sp³-hybridized carbons (Fsp3) is 0.318. The molecule has 116 valence electrons. The third-order valence-corrected chi connectivity index (χ3v) is 5.17. The predicted octanol–water partition coefficient (Wildman–Crippen LogP) is 5.22. The van der Waals surface area contributed by atoms with Crippen LogP contribution in [-0.4, -0.2) is 0 Å². The van der Waals surface area contributed by atoms with Crippen LogP contribution in [0.1, 0.15) is 49.3 Å². The van der Waals surface area contributed by atoms with E-state index in [4.69, 9.17) is 0 Å². The first-order chi connectivity index (χ1) is 11.4. The lowest BCUT2D eigenvalue weighted by molar-refractivity contribution is -0.695. The molecular formula is C22H24N+. The van der Waals surface area contributed by atoms with Crippen LogP contribution in [0.25, 0.3) is 10.8 Å². The number of hydrogen-bond donors (Lipinski definition) is 0. The highest BCUT2D eigenvalue weighted by Crippen LogP contribution is 2.34. The average Bonchev–Trinajstić information content (AvgIpc) is 2.63. The van der Waals surface area contributed by atoms with Crippen LogP contribution >= 0.6 is 0 Å². The van der Waals surface area contributed by atoms with E-state index < -0.39 is 0 Å². The van der Waals surface area contributed by atoms with Crippen molar-refractivity contribution < 1.29 is 4.57 Å². The second kappa shape index (κ2) is 6.54. The van der Waals surface area contributed by atoms with Gasteiger partial charge in [0.1, 0.15) is 0 Å². The third kappa shape index (κ3) is 3.01. The van der Waals surface area contributed by atoms with Gasteiger partial charge in [-0.05, 0) is 24.3 Å². The Labute approximate surface area is 138 Å². The van der Waals surface area contributed by atoms with Crippen molar-refractivity contribution in [2.75, 3.05) is 0 Å². The summed E-state index contributed by atoms with van der Waals surface area (Å²) in [5, 5.41) is 2.82. The normalized spacial score (nSPS) is 15.8. The monoisotopic (exact) mass is 302 g/mol. The fourth-order valence-corrected chi connectivity index (χ4v) is 4.03. The van der Waals surface area contributed by atoms with Gasteiger partial charge in [-0.25, -0.2) is 0 Å². The molecule has 2 aromatic carbocycles. The molecule has 1 aromatic heterocycles. The van der Waals surface area contributed by atoms with E-state index in [9.17, 15) is 0 Å². The zero-order valence-electron chi connectivity index (χ0n) is 13.6. The quantitative estimate of drug-likeness (QED) is 0.584. The molecule has 0 aliphatic heterocycles. The van der Waals surface area contributed by atoms with Crippen molar-refractivity contribution >= 4 is 10.8 Å². The summed E-state index contributed by atoms with van der Waals surface area (Å²) in [6.07, 6.45) is 9.11. The summed E-state index contributed by atoms with van der Waals surface area (Å²) < 4.78 is 2.49. The van der Waals surface area contributed by atoms with E-state index in [-0.39, 0.29) is 0 Å². The molecule has 0 atom stereocenters. The minimum Gasteiger partial charge on any atom is -0.197 e. The van der Waals surface area contributed by atoms with Gasteiger partial charge in [-0.1, -0.05) is 67.8 Å². The molecule has 0 N–H and O–H groups in total. The number of aromatic nitrogens is 1. The van der Waals surface area contributed by atoms with Crippen LogP contribution in [0.2, 0.25) is 0 Å². The van der Waals surface area contributed by atoms with Gasteiger partial charge in [0.25, 0.3) is 0 Å². The van der Waals surface area contributed by atoms with E-state index >= 15 is 0 Å². The molecule has 1 nitrogen and oxygen atoms in total. The van der Waals surface area contributed by atoms with Gasteiger partial charge in [-0.2, -0.15) is 4.57 Å². The van der Waals surface area contributed by atoms with Gasteiger partial charge in [0.2, 0.25) is 0 Å². The average molecular weight is 302 g/mol. The molecule has 1 heterocycles. The molecule has 0 radical (unpaired) electrons. The molecule has 0 unspecified atom stereocenters. The minimum atomic E-state index is 0.707. The molecular weight excluding hydrogens is 278 g/mol. The van der Waals surface area contributed by atoms with Crippen LogP contribution in [0.15, 0.2) is 66.9 Å². The van der Waals surface area contributed by atoms with Gasteiger partial charge < -0.3 is 0 Å². The first-order valence-corrected chi connectivity index (χ1v) is 8.87. The van der Waals surface area contributed by atoms with Crippen LogP contribution in [0.3, 0.4) is 0 Å². The van der Waals surface area contributed by atoms with Gasteiger partial charge >= 0.3 is 0 Å². The Kier molecular flexibility index (Phi) is 4.10. The molecule has 1 heteroatoms. The van der Waals surface area contributed by atoms with E-state index in [0.29, 0.717) is 5.92 Å². The zero-order valence-corrected chi connectivity index (χ0v) is 13.6. The summed E-state index contributed by atoms with van der Waals surface area (Å²) in [7, 11) is 0. The fourth-order valence-electron chi connectivity index (χ4n) is 4.03. The van der Waals surface area contributed by atoms with Gasteiger partial charge in [0, 0.05) is 22.9 Å². The second-order valence-corrected chi connectivity index (χ2v) is 6.74. The highest BCUT2D eigenvalue weighted by Gasteiger charge is 2.26. The van der Waals surface area contributed by atoms with Gasteiger partial charge in [0.15, 0.2) is 18.4 Å². The molecule has 1 aliphatic rings. The summed E-state index contributed by atoms with van der Waals surface area (Å²) in [5.41, 5.74) is 2.93. The number of pyridine rings is 1. The van der Waals surface area contributed by atoms with Crippen LogP contribution in [0.5, 0.6) is 0 Å². The maximum Gasteiger partial charge on any atom is 0.192 e. The van der Waals surface area contributed by atoms with Gasteiger partial charge in [0.05, 0.1) is 0 Å². The molecule has 0 bridgehead atoms. The molecule has 1 fully saturated rings. The van der Waals surface area contributed by atoms with E-state index in [2.05, 4.69) is 71.4 Å². The van der Waals surface area contributed by atoms with Crippen molar-refractivity contribution in [3.8, 4) is 0 Å². The number of nitrogens with zero attached hydrogens (tertiary/aromatic N) is 1. The van der Waals surface area contributed by atoms with E-state index in [1.54, 1.807) is 5.69 Å². The lowest BCUT2D eigenvalue weighted by Gasteiger charge is -2.21. The highest BCUT2D eigenvalue weighted by molar-refractivity contribution is 5.83. The molecule has 23 heavy (non-hydrogen) atoms. The van der Waals surface area contributed by atoms with E-state index in [1.807, 2.05) is 0 Å². The maximum atomic E-state index is 2.49. The number of rotatable bonds is 3. The molecule has 0 spiro atoms. The summed E-state index contributed by atoms with van der Waals surface area (Å²) in [4.78, 5) is 0. The Hall–Kier alpha value is -2.15. The van der Waals surface area contributed by atoms with E-state index in [0.717, 1.165) is 6.54 Å². The number of benzene rings is 2. The van der Waals surface area contributed by atoms with Gasteiger partial charge in [-0.3, -0.25) is 0 Å². The Morgan fingerprint density at radius 3 is 2.35 bits per heavy atom. The molecule has 3 aromatic rings. The SMILES string of the molecule is c1ccc(C[n+]2ccc3ccccc3c2C2CCCCC2)cc1. The first kappa shape index (κ1) is 14.4. The van der Waals surface area contributed by atoms with Crippen LogP contribution < -0.4 is 4.57 Å². The summed E-state index contributed by atoms with van der Waals surface area (Å²) in [6, 6.07) is 22.0. The number of fused-ring (bicyclic) bond motifs is 1. The van der Waals surface area contributed by atoms with Crippen molar-refractivity contribution in [2.24, 2.45) is 0 Å². The maximum absolute atomic E-state index is 2.49. The Bertz CT molecular complexity index is 785. The number of hydrogen-bond acceptors (Lipinski definition) is 0. The van der Waals surface area contributed by atoms with Crippen LogP contribution in [0.4, 0.5) is 0 Å². The largest absolute Gasteiger partial charge is 0.197 e. The third-order valence-electron chi connectivity index (χ3n) is 5.17. The van der Waals surface area contributed by atoms with E-state index in [1.165, 1.54) is 48.4 Å². The first-order valence-electron chi connectivity index (χ1n) is 8.87. The van der Waals surface area contributed by atoms with Crippen molar-refractivity contribution in [3.63, 3.8) is 0 Å². The lowest BCUT2D eigenvalue weighted by Crippen LogP contribution is -2.40. The summed E-state index contributed by atoms with van der Waals surface area (Å²) in [6.45, 7) is 0.970. The molecule has 1 aliphatic carbocycles. The Morgan fingerprint density at radius 1 is 0.783 bits per heavy atom. The Balaban J connectivity index is 1.82. The van der Waals surface area contributed by atoms with Gasteiger partial charge in [-0.15, -0.1) is 0 Å². The standard InChI is InChI=1S/C22H24N/c1-3-9-18(10-4-1)17-23-16-15-19-11-7-8-14-21(19)22(23)20-12-5-2-6-13-20/h1,3-4,7-11,14-16,20H,2,5-6,12-13,17H2/q+1. The Morgan fingerprint density at radius 2 is 1.52 bits per heavy atom. The zero-order chi connectivity index (χ0) is 15.5. The molecule has 0 amide bonds. The van der Waals surface area contributed by atoms with Crippen molar-refractivity contribution in [2.45, 2.75) is 44.6 Å². The van der Waals surface area contributed by atoms with Crippen molar-refractivity contribution in [1.29, 1.82) is 0 Å². The topological polar surface area (TPSA) is 3.88 Å². The second-order valence-electron chi connectivity index (χ2n) is 6.74. The van der Waals surface area contributed by atoms with Crippen molar-refractivity contribution in [3.05, 3.63) is 78.1 Å². The van der Waals surface area contributed by atoms with Crippen LogP contribution in [-0.2, 0) is 6.54 Å². The summed E-state index contributed by atoms with van der Waals surface area (Å²) >= 11 is 0. The minimum absolute atomic E-state index is 0.707. The predicted molar refractivity (Wildman–Crippen MR) is 95.5 cm³/mol.